The lowest BCUT2D eigenvalue weighted by Crippen LogP contribution is -2.17. The van der Waals surface area contributed by atoms with Gasteiger partial charge in [0.15, 0.2) is 5.82 Å². The van der Waals surface area contributed by atoms with E-state index in [-0.39, 0.29) is 5.24 Å². The Morgan fingerprint density at radius 3 is 2.25 bits per heavy atom. The Morgan fingerprint density at radius 1 is 1.12 bits per heavy atom. The third-order valence-electron chi connectivity index (χ3n) is 1.78. The van der Waals surface area contributed by atoms with Crippen molar-refractivity contribution in [2.75, 3.05) is 0 Å². The van der Waals surface area contributed by atoms with Crippen LogP contribution in [0.5, 0.6) is 0 Å². The molecule has 1 fully saturated rings. The highest BCUT2D eigenvalue weighted by molar-refractivity contribution is 8.18. The maximum absolute atomic E-state index is 11.3. The molecule has 82 valence electrons. The van der Waals surface area contributed by atoms with Crippen molar-refractivity contribution in [3.63, 3.8) is 0 Å². The molecule has 1 aromatic rings. The highest BCUT2D eigenvalue weighted by Crippen LogP contribution is 2.24. The number of imide groups is 1. The summed E-state index contributed by atoms with van der Waals surface area (Å²) in [4.78, 5) is 34.6. The van der Waals surface area contributed by atoms with E-state index in [1.54, 1.807) is 13.8 Å². The second-order valence-electron chi connectivity index (χ2n) is 3.14. The smallest absolute Gasteiger partial charge is 0.282 e. The minimum atomic E-state index is -0.411. The molecule has 1 aromatic heterocycles. The highest BCUT2D eigenvalue weighted by Gasteiger charge is 2.25. The number of nitrogens with zero attached hydrogens (tertiary/aromatic N) is 3. The number of rotatable bonds is 1. The molecule has 2 amide bonds. The first-order valence-corrected chi connectivity index (χ1v) is 5.30. The Labute approximate surface area is 95.6 Å². The summed E-state index contributed by atoms with van der Waals surface area (Å²) in [6.07, 6.45) is 1.48. The number of thioether (sulfide) groups is 1. The lowest BCUT2D eigenvalue weighted by atomic mass is 10.4. The predicted octanol–water partition coefficient (Wildman–Crippen LogP) is 0.812. The van der Waals surface area contributed by atoms with E-state index in [4.69, 9.17) is 0 Å². The summed E-state index contributed by atoms with van der Waals surface area (Å²) in [6.45, 7) is 3.48. The fourth-order valence-electron chi connectivity index (χ4n) is 1.24. The van der Waals surface area contributed by atoms with Crippen LogP contribution in [0.25, 0.3) is 6.08 Å². The number of nitrogens with one attached hydrogen (secondary N) is 1. The Balaban J connectivity index is 2.36. The zero-order valence-electron chi connectivity index (χ0n) is 8.64. The molecular formula is C9H8N4O2S. The van der Waals surface area contributed by atoms with Gasteiger partial charge in [0.05, 0.1) is 4.91 Å². The molecule has 1 aliphatic rings. The lowest BCUT2D eigenvalue weighted by molar-refractivity contribution is -0.115. The number of hydrogen-bond donors (Lipinski definition) is 1. The Bertz CT molecular complexity index is 492. The molecule has 0 saturated carbocycles. The molecule has 0 atom stereocenters. The van der Waals surface area contributed by atoms with Gasteiger partial charge < -0.3 is 0 Å². The largest absolute Gasteiger partial charge is 0.290 e. The Kier molecular flexibility index (Phi) is 2.69. The van der Waals surface area contributed by atoms with Crippen molar-refractivity contribution < 1.29 is 9.59 Å². The maximum Gasteiger partial charge on any atom is 0.290 e. The molecule has 6 nitrogen and oxygen atoms in total. The van der Waals surface area contributed by atoms with Gasteiger partial charge in [-0.25, -0.2) is 15.0 Å². The minimum absolute atomic E-state index is 0.301. The number of carbonyl (C=O) groups is 2. The van der Waals surface area contributed by atoms with Gasteiger partial charge in [-0.15, -0.1) is 0 Å². The van der Waals surface area contributed by atoms with Crippen LogP contribution in [0.15, 0.2) is 4.91 Å². The van der Waals surface area contributed by atoms with E-state index >= 15 is 0 Å². The molecule has 0 aromatic carbocycles. The zero-order chi connectivity index (χ0) is 11.7. The van der Waals surface area contributed by atoms with Crippen molar-refractivity contribution in [1.29, 1.82) is 0 Å². The number of aryl methyl sites for hydroxylation is 2. The molecule has 0 unspecified atom stereocenters. The summed E-state index contributed by atoms with van der Waals surface area (Å²) in [5.41, 5.74) is 0. The van der Waals surface area contributed by atoms with E-state index in [1.807, 2.05) is 0 Å². The van der Waals surface area contributed by atoms with Gasteiger partial charge in [0.1, 0.15) is 11.6 Å². The summed E-state index contributed by atoms with van der Waals surface area (Å²) in [7, 11) is 0. The standard InChI is InChI=1S/C9H8N4O2S/c1-4-10-5(2)12-7(11-4)3-6-8(14)13-9(15)16-6/h3H,1-2H3,(H,13,14,15)/b6-3-. The van der Waals surface area contributed by atoms with Crippen LogP contribution in [0.2, 0.25) is 0 Å². The van der Waals surface area contributed by atoms with Gasteiger partial charge in [0, 0.05) is 6.08 Å². The van der Waals surface area contributed by atoms with Crippen molar-refractivity contribution in [1.82, 2.24) is 20.3 Å². The Hall–Kier alpha value is -1.76. The number of amides is 2. The summed E-state index contributed by atoms with van der Waals surface area (Å²) in [6, 6.07) is 0. The SMILES string of the molecule is Cc1nc(C)nc(/C=C2\SC(=O)NC2=O)n1. The van der Waals surface area contributed by atoms with Gasteiger partial charge >= 0.3 is 0 Å². The average molecular weight is 236 g/mol. The van der Waals surface area contributed by atoms with Crippen LogP contribution in [0.1, 0.15) is 17.5 Å². The molecule has 1 aliphatic heterocycles. The van der Waals surface area contributed by atoms with E-state index in [0.717, 1.165) is 11.8 Å². The Morgan fingerprint density at radius 2 is 1.75 bits per heavy atom. The van der Waals surface area contributed by atoms with Crippen molar-refractivity contribution >= 4 is 29.0 Å². The summed E-state index contributed by atoms with van der Waals surface area (Å²) in [5, 5.41) is 1.79. The highest BCUT2D eigenvalue weighted by atomic mass is 32.2. The van der Waals surface area contributed by atoms with Crippen LogP contribution >= 0.6 is 11.8 Å². The van der Waals surface area contributed by atoms with Crippen LogP contribution in [-0.4, -0.2) is 26.1 Å². The van der Waals surface area contributed by atoms with Crippen LogP contribution in [-0.2, 0) is 4.79 Å². The first-order valence-electron chi connectivity index (χ1n) is 4.49. The van der Waals surface area contributed by atoms with E-state index in [0.29, 0.717) is 22.4 Å². The molecule has 7 heteroatoms. The number of hydrogen-bond acceptors (Lipinski definition) is 6. The van der Waals surface area contributed by atoms with Gasteiger partial charge in [0.2, 0.25) is 0 Å². The first kappa shape index (κ1) is 10.7. The topological polar surface area (TPSA) is 84.8 Å². The van der Waals surface area contributed by atoms with Crippen LogP contribution in [0.3, 0.4) is 0 Å². The average Bonchev–Trinajstić information content (AvgIpc) is 2.43. The van der Waals surface area contributed by atoms with E-state index in [9.17, 15) is 9.59 Å². The summed E-state index contributed by atoms with van der Waals surface area (Å²) < 4.78 is 0. The molecule has 0 radical (unpaired) electrons. The van der Waals surface area contributed by atoms with Crippen molar-refractivity contribution in [2.45, 2.75) is 13.8 Å². The molecule has 1 N–H and O–H groups in total. The molecule has 1 saturated heterocycles. The van der Waals surface area contributed by atoms with Crippen LogP contribution < -0.4 is 5.32 Å². The third kappa shape index (κ3) is 2.25. The van der Waals surface area contributed by atoms with Gasteiger partial charge in [-0.05, 0) is 25.6 Å². The zero-order valence-corrected chi connectivity index (χ0v) is 9.46. The second-order valence-corrected chi connectivity index (χ2v) is 4.16. The monoisotopic (exact) mass is 236 g/mol. The van der Waals surface area contributed by atoms with E-state index in [2.05, 4.69) is 20.3 Å². The fourth-order valence-corrected chi connectivity index (χ4v) is 1.90. The molecule has 0 bridgehead atoms. The number of carbonyl (C=O) groups excluding carboxylic acids is 2. The molecule has 16 heavy (non-hydrogen) atoms. The fraction of sp³-hybridized carbons (Fsp3) is 0.222. The predicted molar refractivity (Wildman–Crippen MR) is 58.4 cm³/mol. The molecular weight excluding hydrogens is 228 g/mol. The summed E-state index contributed by atoms with van der Waals surface area (Å²) >= 11 is 0.841. The van der Waals surface area contributed by atoms with Crippen molar-refractivity contribution in [2.24, 2.45) is 0 Å². The minimum Gasteiger partial charge on any atom is -0.282 e. The number of aromatic nitrogens is 3. The van der Waals surface area contributed by atoms with Crippen LogP contribution in [0, 0.1) is 13.8 Å². The van der Waals surface area contributed by atoms with E-state index < -0.39 is 5.91 Å². The van der Waals surface area contributed by atoms with Crippen molar-refractivity contribution in [3.8, 4) is 0 Å². The first-order chi connectivity index (χ1) is 7.54. The molecule has 0 aliphatic carbocycles. The van der Waals surface area contributed by atoms with Crippen LogP contribution in [0.4, 0.5) is 4.79 Å². The third-order valence-corrected chi connectivity index (χ3v) is 2.59. The van der Waals surface area contributed by atoms with Gasteiger partial charge in [-0.3, -0.25) is 14.9 Å². The molecule has 2 rings (SSSR count). The quantitative estimate of drug-likeness (QED) is 0.726. The lowest BCUT2D eigenvalue weighted by Gasteiger charge is -1.97. The summed E-state index contributed by atoms with van der Waals surface area (Å²) in [5.74, 6) is 1.13. The van der Waals surface area contributed by atoms with Gasteiger partial charge in [-0.1, -0.05) is 0 Å². The van der Waals surface area contributed by atoms with Gasteiger partial charge in [-0.2, -0.15) is 0 Å². The molecule has 0 spiro atoms. The molecule has 2 heterocycles. The second kappa shape index (κ2) is 4.01. The van der Waals surface area contributed by atoms with Crippen molar-refractivity contribution in [3.05, 3.63) is 22.4 Å². The maximum atomic E-state index is 11.3. The van der Waals surface area contributed by atoms with E-state index in [1.165, 1.54) is 6.08 Å². The van der Waals surface area contributed by atoms with Gasteiger partial charge in [0.25, 0.3) is 11.1 Å². The normalized spacial score (nSPS) is 18.0.